The zero-order valence-corrected chi connectivity index (χ0v) is 10.5. The van der Waals surface area contributed by atoms with Crippen molar-refractivity contribution in [3.63, 3.8) is 0 Å². The molecule has 0 aliphatic heterocycles. The van der Waals surface area contributed by atoms with E-state index in [9.17, 15) is 13.6 Å². The number of rotatable bonds is 3. The molecule has 1 fully saturated rings. The standard InChI is InChI=1S/C14H17F2NO2/c15-12-6-2-5-11(13(12)16)14(19)17-10-4-1-3-9(7-10)8-18/h2,5-6,9-10,18H,1,3-4,7-8H2,(H,17,19). The number of hydrogen-bond acceptors (Lipinski definition) is 2. The molecule has 0 aromatic heterocycles. The van der Waals surface area contributed by atoms with E-state index in [2.05, 4.69) is 5.32 Å². The van der Waals surface area contributed by atoms with E-state index in [-0.39, 0.29) is 24.1 Å². The first kappa shape index (κ1) is 13.9. The van der Waals surface area contributed by atoms with Gasteiger partial charge in [-0.3, -0.25) is 4.79 Å². The van der Waals surface area contributed by atoms with Gasteiger partial charge in [-0.25, -0.2) is 8.78 Å². The second kappa shape index (κ2) is 6.10. The fraction of sp³-hybridized carbons (Fsp3) is 0.500. The van der Waals surface area contributed by atoms with Gasteiger partial charge < -0.3 is 10.4 Å². The Balaban J connectivity index is 2.02. The van der Waals surface area contributed by atoms with Crippen LogP contribution in [0.1, 0.15) is 36.0 Å². The summed E-state index contributed by atoms with van der Waals surface area (Å²) in [6.45, 7) is 0.0979. The van der Waals surface area contributed by atoms with E-state index in [4.69, 9.17) is 5.11 Å². The second-order valence-corrected chi connectivity index (χ2v) is 4.99. The molecule has 1 amide bonds. The summed E-state index contributed by atoms with van der Waals surface area (Å²) in [6, 6.07) is 3.47. The number of halogens is 2. The van der Waals surface area contributed by atoms with Crippen LogP contribution in [0.15, 0.2) is 18.2 Å². The van der Waals surface area contributed by atoms with E-state index in [1.807, 2.05) is 0 Å². The summed E-state index contributed by atoms with van der Waals surface area (Å²) in [5.74, 6) is -2.56. The van der Waals surface area contributed by atoms with Crippen molar-refractivity contribution in [1.29, 1.82) is 0 Å². The summed E-state index contributed by atoms with van der Waals surface area (Å²) in [5, 5.41) is 11.8. The number of nitrogens with one attached hydrogen (secondary N) is 1. The highest BCUT2D eigenvalue weighted by Crippen LogP contribution is 2.24. The van der Waals surface area contributed by atoms with Crippen LogP contribution in [0.3, 0.4) is 0 Å². The van der Waals surface area contributed by atoms with Crippen molar-refractivity contribution in [3.05, 3.63) is 35.4 Å². The zero-order chi connectivity index (χ0) is 13.8. The van der Waals surface area contributed by atoms with Crippen LogP contribution in [0.2, 0.25) is 0 Å². The second-order valence-electron chi connectivity index (χ2n) is 4.99. The quantitative estimate of drug-likeness (QED) is 0.884. The fourth-order valence-corrected chi connectivity index (χ4v) is 2.53. The first-order valence-electron chi connectivity index (χ1n) is 6.47. The van der Waals surface area contributed by atoms with Gasteiger partial charge in [0, 0.05) is 12.6 Å². The topological polar surface area (TPSA) is 49.3 Å². The number of amides is 1. The highest BCUT2D eigenvalue weighted by molar-refractivity contribution is 5.94. The summed E-state index contributed by atoms with van der Waals surface area (Å²) in [4.78, 5) is 11.9. The van der Waals surface area contributed by atoms with Gasteiger partial charge in [-0.2, -0.15) is 0 Å². The molecule has 0 radical (unpaired) electrons. The van der Waals surface area contributed by atoms with Gasteiger partial charge in [0.25, 0.3) is 5.91 Å². The Morgan fingerprint density at radius 3 is 2.89 bits per heavy atom. The number of aliphatic hydroxyl groups is 1. The van der Waals surface area contributed by atoms with E-state index in [0.29, 0.717) is 6.42 Å². The Labute approximate surface area is 110 Å². The van der Waals surface area contributed by atoms with Crippen molar-refractivity contribution in [2.24, 2.45) is 5.92 Å². The van der Waals surface area contributed by atoms with Crippen LogP contribution in [0.25, 0.3) is 0 Å². The molecular formula is C14H17F2NO2. The molecule has 104 valence electrons. The lowest BCUT2D eigenvalue weighted by Crippen LogP contribution is -2.39. The van der Waals surface area contributed by atoms with Gasteiger partial charge in [0.2, 0.25) is 0 Å². The number of carbonyl (C=O) groups excluding carboxylic acids is 1. The van der Waals surface area contributed by atoms with Crippen LogP contribution in [0.4, 0.5) is 8.78 Å². The monoisotopic (exact) mass is 269 g/mol. The molecule has 2 unspecified atom stereocenters. The minimum Gasteiger partial charge on any atom is -0.396 e. The molecule has 0 bridgehead atoms. The SMILES string of the molecule is O=C(NC1CCCC(CO)C1)c1cccc(F)c1F. The smallest absolute Gasteiger partial charge is 0.254 e. The molecule has 0 saturated heterocycles. The Morgan fingerprint density at radius 1 is 1.37 bits per heavy atom. The van der Waals surface area contributed by atoms with Gasteiger partial charge in [0.05, 0.1) is 5.56 Å². The minimum absolute atomic E-state index is 0.0823. The van der Waals surface area contributed by atoms with E-state index in [0.717, 1.165) is 25.3 Å². The van der Waals surface area contributed by atoms with Gasteiger partial charge in [-0.05, 0) is 37.3 Å². The lowest BCUT2D eigenvalue weighted by Gasteiger charge is -2.28. The van der Waals surface area contributed by atoms with Crippen molar-refractivity contribution >= 4 is 5.91 Å². The fourth-order valence-electron chi connectivity index (χ4n) is 2.53. The highest BCUT2D eigenvalue weighted by atomic mass is 19.2. The van der Waals surface area contributed by atoms with Crippen molar-refractivity contribution < 1.29 is 18.7 Å². The lowest BCUT2D eigenvalue weighted by molar-refractivity contribution is 0.0900. The summed E-state index contributed by atoms with van der Waals surface area (Å²) in [5.41, 5.74) is -0.272. The third-order valence-corrected chi connectivity index (χ3v) is 3.57. The zero-order valence-electron chi connectivity index (χ0n) is 10.5. The molecule has 19 heavy (non-hydrogen) atoms. The molecule has 2 N–H and O–H groups in total. The predicted octanol–water partition coefficient (Wildman–Crippen LogP) is 2.25. The maximum Gasteiger partial charge on any atom is 0.254 e. The van der Waals surface area contributed by atoms with Crippen molar-refractivity contribution in [2.45, 2.75) is 31.7 Å². The number of benzene rings is 1. The van der Waals surface area contributed by atoms with Crippen molar-refractivity contribution in [2.75, 3.05) is 6.61 Å². The van der Waals surface area contributed by atoms with Crippen LogP contribution in [-0.4, -0.2) is 23.7 Å². The maximum atomic E-state index is 13.5. The van der Waals surface area contributed by atoms with Crippen LogP contribution < -0.4 is 5.32 Å². The van der Waals surface area contributed by atoms with Gasteiger partial charge in [-0.15, -0.1) is 0 Å². The van der Waals surface area contributed by atoms with Gasteiger partial charge in [-0.1, -0.05) is 12.5 Å². The molecular weight excluding hydrogens is 252 g/mol. The largest absolute Gasteiger partial charge is 0.396 e. The van der Waals surface area contributed by atoms with E-state index in [1.165, 1.54) is 12.1 Å². The van der Waals surface area contributed by atoms with E-state index in [1.54, 1.807) is 0 Å². The predicted molar refractivity (Wildman–Crippen MR) is 66.7 cm³/mol. The molecule has 2 rings (SSSR count). The summed E-state index contributed by atoms with van der Waals surface area (Å²) in [6.07, 6.45) is 3.34. The summed E-state index contributed by atoms with van der Waals surface area (Å²) in [7, 11) is 0. The molecule has 1 saturated carbocycles. The Hall–Kier alpha value is -1.49. The minimum atomic E-state index is -1.12. The first-order valence-corrected chi connectivity index (χ1v) is 6.47. The molecule has 1 aliphatic rings. The molecule has 1 aliphatic carbocycles. The lowest BCUT2D eigenvalue weighted by atomic mass is 9.86. The summed E-state index contributed by atoms with van der Waals surface area (Å²) < 4.78 is 26.5. The van der Waals surface area contributed by atoms with Crippen LogP contribution in [0.5, 0.6) is 0 Å². The van der Waals surface area contributed by atoms with Crippen molar-refractivity contribution in [1.82, 2.24) is 5.32 Å². The number of carbonyl (C=O) groups is 1. The normalized spacial score (nSPS) is 23.1. The average molecular weight is 269 g/mol. The molecule has 3 nitrogen and oxygen atoms in total. The maximum absolute atomic E-state index is 13.5. The van der Waals surface area contributed by atoms with Crippen LogP contribution >= 0.6 is 0 Å². The average Bonchev–Trinajstić information content (AvgIpc) is 2.42. The molecule has 1 aromatic rings. The highest BCUT2D eigenvalue weighted by Gasteiger charge is 2.24. The number of aliphatic hydroxyl groups excluding tert-OH is 1. The Kier molecular flexibility index (Phi) is 4.47. The Bertz CT molecular complexity index is 465. The van der Waals surface area contributed by atoms with Gasteiger partial charge in [0.1, 0.15) is 0 Å². The third kappa shape index (κ3) is 3.29. The first-order chi connectivity index (χ1) is 9.11. The number of hydrogen-bond donors (Lipinski definition) is 2. The van der Waals surface area contributed by atoms with Crippen molar-refractivity contribution in [3.8, 4) is 0 Å². The molecule has 1 aromatic carbocycles. The molecule has 5 heteroatoms. The Morgan fingerprint density at radius 2 is 2.16 bits per heavy atom. The third-order valence-electron chi connectivity index (χ3n) is 3.57. The van der Waals surface area contributed by atoms with Gasteiger partial charge >= 0.3 is 0 Å². The van der Waals surface area contributed by atoms with Crippen LogP contribution in [0, 0.1) is 17.6 Å². The van der Waals surface area contributed by atoms with E-state index >= 15 is 0 Å². The molecule has 2 atom stereocenters. The van der Waals surface area contributed by atoms with E-state index < -0.39 is 17.5 Å². The molecule has 0 spiro atoms. The molecule has 0 heterocycles. The van der Waals surface area contributed by atoms with Gasteiger partial charge in [0.15, 0.2) is 11.6 Å². The summed E-state index contributed by atoms with van der Waals surface area (Å²) >= 11 is 0. The van der Waals surface area contributed by atoms with Crippen LogP contribution in [-0.2, 0) is 0 Å².